The Balaban J connectivity index is 1.85. The second kappa shape index (κ2) is 39.0. The summed E-state index contributed by atoms with van der Waals surface area (Å²) in [6.07, 6.45) is 33.4. The van der Waals surface area contributed by atoms with E-state index in [0.717, 1.165) is 77.0 Å². The quantitative estimate of drug-likeness (QED) is 0.0237. The molecule has 2 fully saturated rings. The molecule has 67 heavy (non-hydrogen) atoms. The number of carbonyl (C=O) groups excluding carboxylic acids is 1. The van der Waals surface area contributed by atoms with Gasteiger partial charge in [-0.25, -0.2) is 0 Å². The first-order valence-corrected chi connectivity index (χ1v) is 25.3. The molecule has 12 atom stereocenters. The first-order valence-electron chi connectivity index (χ1n) is 25.3. The van der Waals surface area contributed by atoms with Gasteiger partial charge in [0.1, 0.15) is 48.8 Å². The Hall–Kier alpha value is -2.83. The van der Waals surface area contributed by atoms with Crippen LogP contribution in [-0.2, 0) is 23.7 Å². The van der Waals surface area contributed by atoms with Crippen LogP contribution in [0.1, 0.15) is 149 Å². The molecule has 12 unspecified atom stereocenters. The van der Waals surface area contributed by atoms with Crippen molar-refractivity contribution in [3.63, 3.8) is 0 Å². The lowest BCUT2D eigenvalue weighted by atomic mass is 9.97. The molecule has 2 aliphatic rings. The predicted octanol–water partition coefficient (Wildman–Crippen LogP) is 6.60. The molecule has 0 saturated carbocycles. The monoisotopic (exact) mass is 948 g/mol. The fourth-order valence-corrected chi connectivity index (χ4v) is 7.68. The lowest BCUT2D eigenvalue weighted by Gasteiger charge is -2.46. The van der Waals surface area contributed by atoms with Gasteiger partial charge in [-0.05, 0) is 77.0 Å². The van der Waals surface area contributed by atoms with Gasteiger partial charge in [-0.3, -0.25) is 4.79 Å². The highest BCUT2D eigenvalue weighted by Gasteiger charge is 2.51. The number of allylic oxidation sites excluding steroid dienone is 13. The van der Waals surface area contributed by atoms with Crippen molar-refractivity contribution in [1.29, 1.82) is 0 Å². The molecule has 2 saturated heterocycles. The molecule has 0 aromatic rings. The highest BCUT2D eigenvalue weighted by molar-refractivity contribution is 5.76. The van der Waals surface area contributed by atoms with Gasteiger partial charge in [-0.15, -0.1) is 0 Å². The topological polar surface area (TPSA) is 228 Å². The highest BCUT2D eigenvalue weighted by Crippen LogP contribution is 2.30. The van der Waals surface area contributed by atoms with Gasteiger partial charge < -0.3 is 65.1 Å². The predicted molar refractivity (Wildman–Crippen MR) is 263 cm³/mol. The van der Waals surface area contributed by atoms with Crippen molar-refractivity contribution >= 4 is 5.91 Å². The van der Waals surface area contributed by atoms with Gasteiger partial charge in [0.15, 0.2) is 12.6 Å². The van der Waals surface area contributed by atoms with Crippen LogP contribution in [-0.4, -0.2) is 140 Å². The van der Waals surface area contributed by atoms with E-state index in [2.05, 4.69) is 92.1 Å². The lowest BCUT2D eigenvalue weighted by molar-refractivity contribution is -0.359. The summed E-state index contributed by atoms with van der Waals surface area (Å²) in [6, 6.07) is -0.945. The summed E-state index contributed by atoms with van der Waals surface area (Å²) < 4.78 is 22.6. The number of nitrogens with one attached hydrogen (secondary N) is 1. The third kappa shape index (κ3) is 26.1. The van der Waals surface area contributed by atoms with E-state index in [1.807, 2.05) is 6.08 Å². The lowest BCUT2D eigenvalue weighted by Crippen LogP contribution is -2.65. The normalized spacial score (nSPS) is 27.3. The van der Waals surface area contributed by atoms with Crippen molar-refractivity contribution in [1.82, 2.24) is 5.32 Å². The van der Waals surface area contributed by atoms with Crippen molar-refractivity contribution in [2.24, 2.45) is 0 Å². The molecule has 0 radical (unpaired) electrons. The Labute approximate surface area is 401 Å². The van der Waals surface area contributed by atoms with Crippen LogP contribution >= 0.6 is 0 Å². The molecule has 14 heteroatoms. The van der Waals surface area contributed by atoms with Gasteiger partial charge in [0.25, 0.3) is 0 Å². The van der Waals surface area contributed by atoms with Gasteiger partial charge in [0.05, 0.1) is 32.0 Å². The molecule has 2 aliphatic heterocycles. The molecule has 0 aromatic heterocycles. The smallest absolute Gasteiger partial charge is 0.220 e. The highest BCUT2D eigenvalue weighted by atomic mass is 16.7. The van der Waals surface area contributed by atoms with Crippen molar-refractivity contribution in [2.45, 2.75) is 222 Å². The van der Waals surface area contributed by atoms with Gasteiger partial charge in [0, 0.05) is 6.42 Å². The Morgan fingerprint density at radius 3 is 1.64 bits per heavy atom. The average Bonchev–Trinajstić information content (AvgIpc) is 3.32. The summed E-state index contributed by atoms with van der Waals surface area (Å²) >= 11 is 0. The van der Waals surface area contributed by atoms with Gasteiger partial charge in [-0.2, -0.15) is 0 Å². The SMILES string of the molecule is CC/C=C\C/C=C\C/C=C\C/C=C\C/C=C\CCCCCCCC(=O)NC(COC1OC(CO)C(OC2OC(CO)C(O)C(O)C2O)C(O)C1O)C(O)/C=C/CC/C=C/CCCCCCCC. The van der Waals surface area contributed by atoms with Gasteiger partial charge in [0.2, 0.25) is 5.91 Å². The molecule has 2 heterocycles. The van der Waals surface area contributed by atoms with E-state index in [9.17, 15) is 45.6 Å². The molecule has 0 spiro atoms. The number of hydrogen-bond acceptors (Lipinski definition) is 13. The van der Waals surface area contributed by atoms with E-state index in [1.165, 1.54) is 38.5 Å². The van der Waals surface area contributed by atoms with Crippen LogP contribution in [0.2, 0.25) is 0 Å². The van der Waals surface area contributed by atoms with Crippen LogP contribution in [0.5, 0.6) is 0 Å². The summed E-state index contributed by atoms with van der Waals surface area (Å²) in [7, 11) is 0. The first kappa shape index (κ1) is 60.3. The maximum atomic E-state index is 13.2. The minimum atomic E-state index is -1.80. The Morgan fingerprint density at radius 1 is 0.552 bits per heavy atom. The molecule has 0 aliphatic carbocycles. The Bertz CT molecular complexity index is 1450. The molecule has 1 amide bonds. The van der Waals surface area contributed by atoms with E-state index in [-0.39, 0.29) is 18.9 Å². The molecule has 0 aromatic carbocycles. The average molecular weight is 948 g/mol. The number of hydrogen-bond donors (Lipinski definition) is 9. The number of aliphatic hydroxyl groups excluding tert-OH is 8. The molecule has 9 N–H and O–H groups in total. The second-order valence-electron chi connectivity index (χ2n) is 17.6. The Morgan fingerprint density at radius 2 is 1.04 bits per heavy atom. The van der Waals surface area contributed by atoms with Crippen molar-refractivity contribution < 1.29 is 64.6 Å². The summed E-state index contributed by atoms with van der Waals surface area (Å²) in [5.74, 6) is -0.274. The van der Waals surface area contributed by atoms with Crippen LogP contribution < -0.4 is 5.32 Å². The molecule has 14 nitrogen and oxygen atoms in total. The zero-order valence-electron chi connectivity index (χ0n) is 40.6. The van der Waals surface area contributed by atoms with Crippen molar-refractivity contribution in [3.8, 4) is 0 Å². The fourth-order valence-electron chi connectivity index (χ4n) is 7.68. The minimum Gasteiger partial charge on any atom is -0.394 e. The number of unbranched alkanes of at least 4 members (excludes halogenated alkanes) is 12. The second-order valence-corrected chi connectivity index (χ2v) is 17.6. The van der Waals surface area contributed by atoms with Crippen molar-refractivity contribution in [2.75, 3.05) is 19.8 Å². The Kier molecular flexibility index (Phi) is 35.1. The van der Waals surface area contributed by atoms with Gasteiger partial charge >= 0.3 is 0 Å². The third-order valence-corrected chi connectivity index (χ3v) is 11.8. The zero-order valence-corrected chi connectivity index (χ0v) is 40.6. The van der Waals surface area contributed by atoms with E-state index in [4.69, 9.17) is 18.9 Å². The maximum absolute atomic E-state index is 13.2. The first-order chi connectivity index (χ1) is 32.6. The molecular formula is C53H89NO13. The maximum Gasteiger partial charge on any atom is 0.220 e. The number of aliphatic hydroxyl groups is 8. The summed E-state index contributed by atoms with van der Waals surface area (Å²) in [6.45, 7) is 2.59. The molecular weight excluding hydrogens is 859 g/mol. The van der Waals surface area contributed by atoms with Crippen LogP contribution in [0.15, 0.2) is 85.1 Å². The van der Waals surface area contributed by atoms with Crippen LogP contribution in [0.3, 0.4) is 0 Å². The largest absolute Gasteiger partial charge is 0.394 e. The fraction of sp³-hybridized carbons (Fsp3) is 0.717. The minimum absolute atomic E-state index is 0.246. The summed E-state index contributed by atoms with van der Waals surface area (Å²) in [5.41, 5.74) is 0. The van der Waals surface area contributed by atoms with E-state index < -0.39 is 86.8 Å². The van der Waals surface area contributed by atoms with E-state index >= 15 is 0 Å². The molecule has 0 bridgehead atoms. The van der Waals surface area contributed by atoms with Crippen LogP contribution in [0, 0.1) is 0 Å². The van der Waals surface area contributed by atoms with Crippen LogP contribution in [0.4, 0.5) is 0 Å². The zero-order chi connectivity index (χ0) is 48.9. The van der Waals surface area contributed by atoms with Crippen molar-refractivity contribution in [3.05, 3.63) is 85.1 Å². The van der Waals surface area contributed by atoms with E-state index in [1.54, 1.807) is 6.08 Å². The molecule has 2 rings (SSSR count). The summed E-state index contributed by atoms with van der Waals surface area (Å²) in [4.78, 5) is 13.2. The number of ether oxygens (including phenoxy) is 4. The number of amides is 1. The van der Waals surface area contributed by atoms with E-state index in [0.29, 0.717) is 12.8 Å². The standard InChI is InChI=1S/C53H89NO13/c1-3-5-7-9-11-13-15-17-18-19-20-21-22-23-24-25-27-29-31-33-35-37-45(58)54-41(42(57)36-34-32-30-28-26-16-14-12-10-8-6-4-2)40-64-52-50(63)48(61)51(44(39-56)66-52)67-53-49(62)47(60)46(59)43(38-55)65-53/h5,7,11,13,17-18,20-21,23-24,26,28,34,36,41-44,46-53,55-57,59-63H,3-4,6,8-10,12,14-16,19,22,25,27,29-33,35,37-40H2,1-2H3,(H,54,58)/b7-5-,13-11-,18-17-,21-20-,24-23-,28-26+,36-34+. The third-order valence-electron chi connectivity index (χ3n) is 11.8. The number of carbonyl (C=O) groups is 1. The van der Waals surface area contributed by atoms with Crippen LogP contribution in [0.25, 0.3) is 0 Å². The summed E-state index contributed by atoms with van der Waals surface area (Å²) in [5, 5.41) is 86.6. The molecule has 384 valence electrons. The van der Waals surface area contributed by atoms with Gasteiger partial charge in [-0.1, -0.05) is 150 Å². The number of rotatable bonds is 37.